The van der Waals surface area contributed by atoms with Crippen molar-refractivity contribution in [2.75, 3.05) is 26.2 Å². The Balaban J connectivity index is 2.03. The number of carboxylic acids is 1. The number of likely N-dealkylation sites (N-methyl/N-ethyl adjacent to an activating group) is 1. The van der Waals surface area contributed by atoms with Crippen LogP contribution in [0.3, 0.4) is 0 Å². The molecule has 2 bridgehead atoms. The fourth-order valence-electron chi connectivity index (χ4n) is 2.94. The molecular weight excluding hydrogens is 192 g/mol. The number of likely N-dealkylation sites (tertiary alicyclic amines) is 1. The minimum Gasteiger partial charge on any atom is -0.480 e. The molecule has 0 aromatic heterocycles. The second-order valence-electron chi connectivity index (χ2n) is 4.63. The van der Waals surface area contributed by atoms with Gasteiger partial charge in [0.25, 0.3) is 0 Å². The molecule has 4 heteroatoms. The van der Waals surface area contributed by atoms with Crippen LogP contribution in [0.1, 0.15) is 26.2 Å². The van der Waals surface area contributed by atoms with Gasteiger partial charge < -0.3 is 10.0 Å². The molecule has 2 saturated heterocycles. The first-order valence-corrected chi connectivity index (χ1v) is 5.90. The highest BCUT2D eigenvalue weighted by atomic mass is 16.4. The number of nitrogens with zero attached hydrogens (tertiary/aromatic N) is 2. The molecule has 0 saturated carbocycles. The molecule has 4 nitrogen and oxygen atoms in total. The number of carboxylic acid groups (broad SMARTS) is 1. The molecular formula is C11H20N2O2. The van der Waals surface area contributed by atoms with Gasteiger partial charge in [0.05, 0.1) is 6.54 Å². The van der Waals surface area contributed by atoms with Crippen LogP contribution < -0.4 is 0 Å². The van der Waals surface area contributed by atoms with E-state index in [2.05, 4.69) is 16.7 Å². The van der Waals surface area contributed by atoms with E-state index in [1.165, 1.54) is 12.8 Å². The zero-order valence-electron chi connectivity index (χ0n) is 9.35. The molecule has 0 spiro atoms. The number of fused-ring (bicyclic) bond motifs is 2. The van der Waals surface area contributed by atoms with Gasteiger partial charge in [-0.05, 0) is 32.4 Å². The standard InChI is InChI=1S/C11H20N2O2/c1-2-12-6-5-9-3-4-10(7-12)13(9)8-11(14)15/h9-10H,2-8H2,1H3,(H,14,15). The molecule has 2 atom stereocenters. The predicted octanol–water partition coefficient (Wildman–Crippen LogP) is 0.630. The normalized spacial score (nSPS) is 32.9. The Kier molecular flexibility index (Phi) is 3.26. The summed E-state index contributed by atoms with van der Waals surface area (Å²) in [6.45, 7) is 5.69. The molecule has 2 rings (SSSR count). The molecule has 15 heavy (non-hydrogen) atoms. The first-order chi connectivity index (χ1) is 7.20. The number of hydrogen-bond acceptors (Lipinski definition) is 3. The molecule has 2 aliphatic rings. The SMILES string of the molecule is CCN1CCC2CCC(C1)N2CC(=O)O. The fraction of sp³-hybridized carbons (Fsp3) is 0.909. The van der Waals surface area contributed by atoms with Gasteiger partial charge in [0.2, 0.25) is 0 Å². The van der Waals surface area contributed by atoms with Crippen molar-refractivity contribution in [3.63, 3.8) is 0 Å². The summed E-state index contributed by atoms with van der Waals surface area (Å²) < 4.78 is 0. The monoisotopic (exact) mass is 212 g/mol. The van der Waals surface area contributed by atoms with Crippen LogP contribution in [-0.4, -0.2) is 59.1 Å². The van der Waals surface area contributed by atoms with E-state index in [1.54, 1.807) is 0 Å². The Morgan fingerprint density at radius 3 is 2.73 bits per heavy atom. The third-order valence-electron chi connectivity index (χ3n) is 3.78. The lowest BCUT2D eigenvalue weighted by Crippen LogP contribution is -2.41. The summed E-state index contributed by atoms with van der Waals surface area (Å²) in [6.07, 6.45) is 3.50. The van der Waals surface area contributed by atoms with Crippen molar-refractivity contribution in [1.29, 1.82) is 0 Å². The van der Waals surface area contributed by atoms with Gasteiger partial charge in [-0.3, -0.25) is 9.69 Å². The molecule has 0 radical (unpaired) electrons. The van der Waals surface area contributed by atoms with E-state index in [9.17, 15) is 4.79 Å². The molecule has 2 unspecified atom stereocenters. The van der Waals surface area contributed by atoms with Crippen LogP contribution in [0.15, 0.2) is 0 Å². The third kappa shape index (κ3) is 2.32. The van der Waals surface area contributed by atoms with E-state index >= 15 is 0 Å². The molecule has 0 amide bonds. The average Bonchev–Trinajstić information content (AvgIpc) is 2.41. The molecule has 0 aliphatic carbocycles. The summed E-state index contributed by atoms with van der Waals surface area (Å²) in [6, 6.07) is 0.996. The topological polar surface area (TPSA) is 43.8 Å². The van der Waals surface area contributed by atoms with Crippen LogP contribution in [-0.2, 0) is 4.79 Å². The van der Waals surface area contributed by atoms with Gasteiger partial charge in [-0.15, -0.1) is 0 Å². The molecule has 2 heterocycles. The van der Waals surface area contributed by atoms with E-state index in [1.807, 2.05) is 0 Å². The van der Waals surface area contributed by atoms with Crippen molar-refractivity contribution < 1.29 is 9.90 Å². The van der Waals surface area contributed by atoms with Gasteiger partial charge in [-0.25, -0.2) is 0 Å². The highest BCUT2D eigenvalue weighted by molar-refractivity contribution is 5.69. The predicted molar refractivity (Wildman–Crippen MR) is 57.9 cm³/mol. The van der Waals surface area contributed by atoms with E-state index in [0.717, 1.165) is 26.1 Å². The maximum atomic E-state index is 10.8. The molecule has 86 valence electrons. The highest BCUT2D eigenvalue weighted by Crippen LogP contribution is 2.29. The van der Waals surface area contributed by atoms with Crippen molar-refractivity contribution >= 4 is 5.97 Å². The lowest BCUT2D eigenvalue weighted by molar-refractivity contribution is -0.139. The van der Waals surface area contributed by atoms with Crippen molar-refractivity contribution in [3.05, 3.63) is 0 Å². The largest absolute Gasteiger partial charge is 0.480 e. The number of hydrogen-bond donors (Lipinski definition) is 1. The van der Waals surface area contributed by atoms with Crippen LogP contribution in [0, 0.1) is 0 Å². The minimum atomic E-state index is -0.683. The fourth-order valence-corrected chi connectivity index (χ4v) is 2.94. The summed E-state index contributed by atoms with van der Waals surface area (Å²) in [7, 11) is 0. The van der Waals surface area contributed by atoms with Crippen molar-refractivity contribution in [2.24, 2.45) is 0 Å². The Labute approximate surface area is 90.9 Å². The summed E-state index contributed by atoms with van der Waals surface area (Å²) in [5, 5.41) is 8.89. The summed E-state index contributed by atoms with van der Waals surface area (Å²) >= 11 is 0. The van der Waals surface area contributed by atoms with E-state index in [4.69, 9.17) is 5.11 Å². The maximum absolute atomic E-state index is 10.8. The van der Waals surface area contributed by atoms with Crippen LogP contribution in [0.25, 0.3) is 0 Å². The van der Waals surface area contributed by atoms with Gasteiger partial charge in [0.15, 0.2) is 0 Å². The van der Waals surface area contributed by atoms with Gasteiger partial charge in [-0.2, -0.15) is 0 Å². The minimum absolute atomic E-state index is 0.229. The smallest absolute Gasteiger partial charge is 0.317 e. The molecule has 2 fully saturated rings. The van der Waals surface area contributed by atoms with Gasteiger partial charge in [0, 0.05) is 18.6 Å². The third-order valence-corrected chi connectivity index (χ3v) is 3.78. The maximum Gasteiger partial charge on any atom is 0.317 e. The second-order valence-corrected chi connectivity index (χ2v) is 4.63. The first kappa shape index (κ1) is 10.9. The Bertz CT molecular complexity index is 245. The summed E-state index contributed by atoms with van der Waals surface area (Å²) in [5.41, 5.74) is 0. The Morgan fingerprint density at radius 1 is 1.33 bits per heavy atom. The van der Waals surface area contributed by atoms with E-state index < -0.39 is 5.97 Å². The van der Waals surface area contributed by atoms with Gasteiger partial charge >= 0.3 is 5.97 Å². The number of carbonyl (C=O) groups is 1. The zero-order valence-corrected chi connectivity index (χ0v) is 9.35. The Hall–Kier alpha value is -0.610. The van der Waals surface area contributed by atoms with Crippen molar-refractivity contribution in [2.45, 2.75) is 38.3 Å². The van der Waals surface area contributed by atoms with E-state index in [-0.39, 0.29) is 6.54 Å². The average molecular weight is 212 g/mol. The molecule has 0 aromatic carbocycles. The molecule has 0 aromatic rings. The van der Waals surface area contributed by atoms with Gasteiger partial charge in [-0.1, -0.05) is 6.92 Å². The second kappa shape index (κ2) is 4.49. The lowest BCUT2D eigenvalue weighted by Gasteiger charge is -2.26. The molecule has 1 N–H and O–H groups in total. The zero-order chi connectivity index (χ0) is 10.8. The van der Waals surface area contributed by atoms with E-state index in [0.29, 0.717) is 12.1 Å². The first-order valence-electron chi connectivity index (χ1n) is 5.90. The number of rotatable bonds is 3. The lowest BCUT2D eigenvalue weighted by atomic mass is 10.1. The van der Waals surface area contributed by atoms with Crippen LogP contribution >= 0.6 is 0 Å². The summed E-state index contributed by atoms with van der Waals surface area (Å²) in [4.78, 5) is 15.4. The van der Waals surface area contributed by atoms with Crippen molar-refractivity contribution in [1.82, 2.24) is 9.80 Å². The van der Waals surface area contributed by atoms with Crippen molar-refractivity contribution in [3.8, 4) is 0 Å². The molecule has 2 aliphatic heterocycles. The highest BCUT2D eigenvalue weighted by Gasteiger charge is 2.37. The number of aliphatic carboxylic acids is 1. The Morgan fingerprint density at radius 2 is 2.07 bits per heavy atom. The summed E-state index contributed by atoms with van der Waals surface area (Å²) in [5.74, 6) is -0.683. The van der Waals surface area contributed by atoms with Crippen LogP contribution in [0.5, 0.6) is 0 Å². The van der Waals surface area contributed by atoms with Crippen LogP contribution in [0.4, 0.5) is 0 Å². The quantitative estimate of drug-likeness (QED) is 0.745. The van der Waals surface area contributed by atoms with Gasteiger partial charge in [0.1, 0.15) is 0 Å². The van der Waals surface area contributed by atoms with Crippen LogP contribution in [0.2, 0.25) is 0 Å².